The van der Waals surface area contributed by atoms with Crippen molar-refractivity contribution in [2.75, 3.05) is 36.8 Å². The first kappa shape index (κ1) is 39.4. The smallest absolute Gasteiger partial charge is 0.243 e. The maximum absolute atomic E-state index is 12.9. The van der Waals surface area contributed by atoms with Gasteiger partial charge in [0.15, 0.2) is 0 Å². The van der Waals surface area contributed by atoms with E-state index in [2.05, 4.69) is 10.6 Å². The maximum atomic E-state index is 12.9. The highest BCUT2D eigenvalue weighted by molar-refractivity contribution is 7.89. The second kappa shape index (κ2) is 20.4. The molecule has 0 saturated heterocycles. The molecule has 0 aromatic heterocycles. The van der Waals surface area contributed by atoms with Crippen molar-refractivity contribution in [2.45, 2.75) is 115 Å². The fourth-order valence-electron chi connectivity index (χ4n) is 5.15. The molecule has 2 rings (SSSR count). The van der Waals surface area contributed by atoms with E-state index in [1.165, 1.54) is 8.61 Å². The second-order valence-corrected chi connectivity index (χ2v) is 15.5. The first-order valence-corrected chi connectivity index (χ1v) is 19.7. The molecule has 2 aromatic rings. The number of nitrogens with one attached hydrogen (secondary N) is 2. The van der Waals surface area contributed by atoms with E-state index >= 15 is 0 Å². The van der Waals surface area contributed by atoms with Gasteiger partial charge in [-0.1, -0.05) is 53.4 Å². The fraction of sp³-hybridized carbons (Fsp3) is 0.588. The van der Waals surface area contributed by atoms with E-state index < -0.39 is 20.0 Å². The second-order valence-electron chi connectivity index (χ2n) is 11.6. The summed E-state index contributed by atoms with van der Waals surface area (Å²) in [5, 5.41) is 5.69. The monoisotopic (exact) mass is 678 g/mol. The van der Waals surface area contributed by atoms with Crippen LogP contribution in [0.3, 0.4) is 0 Å². The third-order valence-electron chi connectivity index (χ3n) is 7.50. The third-order valence-corrected chi connectivity index (χ3v) is 11.3. The van der Waals surface area contributed by atoms with Gasteiger partial charge in [-0.3, -0.25) is 9.59 Å². The number of hydrogen-bond donors (Lipinski definition) is 2. The van der Waals surface area contributed by atoms with Crippen LogP contribution in [0.5, 0.6) is 0 Å². The van der Waals surface area contributed by atoms with Crippen LogP contribution in [0.4, 0.5) is 11.4 Å². The van der Waals surface area contributed by atoms with Gasteiger partial charge in [-0.2, -0.15) is 8.61 Å². The maximum Gasteiger partial charge on any atom is 0.243 e. The molecule has 46 heavy (non-hydrogen) atoms. The standard InChI is InChI=1S/C34H54N4O6S2/c1-5-25-37(26-6-2)45(41,42)31-21-17-29(18-22-31)35-33(39)15-13-11-9-10-12-14-16-34(40)36-30-19-23-32(24-20-30)46(43,44)38(27-7-3)28-8-4/h17-24H,5-16,25-28H2,1-4H3,(H,35,39)(H,36,40). The van der Waals surface area contributed by atoms with Crippen molar-refractivity contribution in [1.29, 1.82) is 0 Å². The van der Waals surface area contributed by atoms with Gasteiger partial charge in [-0.25, -0.2) is 16.8 Å². The Morgan fingerprint density at radius 2 is 0.783 bits per heavy atom. The number of sulfonamides is 2. The Morgan fingerprint density at radius 3 is 1.07 bits per heavy atom. The minimum atomic E-state index is -3.55. The van der Waals surface area contributed by atoms with Crippen LogP contribution >= 0.6 is 0 Å². The summed E-state index contributed by atoms with van der Waals surface area (Å²) in [5.74, 6) is -0.202. The van der Waals surface area contributed by atoms with Crippen LogP contribution in [-0.2, 0) is 29.6 Å². The van der Waals surface area contributed by atoms with Crippen LogP contribution in [0, 0.1) is 0 Å². The van der Waals surface area contributed by atoms with Crippen molar-refractivity contribution in [3.8, 4) is 0 Å². The molecule has 2 amide bonds. The van der Waals surface area contributed by atoms with Gasteiger partial charge in [0.25, 0.3) is 0 Å². The highest BCUT2D eigenvalue weighted by Gasteiger charge is 2.24. The Bertz CT molecular complexity index is 1290. The molecular weight excluding hydrogens is 625 g/mol. The van der Waals surface area contributed by atoms with E-state index in [1.807, 2.05) is 27.7 Å². The number of rotatable bonds is 23. The number of carbonyl (C=O) groups excluding carboxylic acids is 2. The van der Waals surface area contributed by atoms with Gasteiger partial charge in [0, 0.05) is 50.4 Å². The Hall–Kier alpha value is -2.80. The number of unbranched alkanes of at least 4 members (excludes halogenated alkanes) is 5. The number of anilines is 2. The third kappa shape index (κ3) is 12.8. The quantitative estimate of drug-likeness (QED) is 0.122. The highest BCUT2D eigenvalue weighted by Crippen LogP contribution is 2.21. The van der Waals surface area contributed by atoms with Crippen LogP contribution in [-0.4, -0.2) is 63.4 Å². The Balaban J connectivity index is 1.64. The minimum absolute atomic E-state index is 0.101. The van der Waals surface area contributed by atoms with Crippen LogP contribution < -0.4 is 10.6 Å². The van der Waals surface area contributed by atoms with Gasteiger partial charge < -0.3 is 10.6 Å². The molecular formula is C34H54N4O6S2. The van der Waals surface area contributed by atoms with Gasteiger partial charge in [-0.15, -0.1) is 0 Å². The molecule has 258 valence electrons. The summed E-state index contributed by atoms with van der Waals surface area (Å²) in [7, 11) is -7.10. The number of benzene rings is 2. The lowest BCUT2D eigenvalue weighted by Gasteiger charge is -2.21. The average molecular weight is 679 g/mol. The summed E-state index contributed by atoms with van der Waals surface area (Å²) in [5.41, 5.74) is 1.15. The summed E-state index contributed by atoms with van der Waals surface area (Å²) < 4.78 is 54.6. The molecule has 0 aliphatic heterocycles. The lowest BCUT2D eigenvalue weighted by molar-refractivity contribution is -0.117. The topological polar surface area (TPSA) is 133 Å². The first-order valence-electron chi connectivity index (χ1n) is 16.8. The fourth-order valence-corrected chi connectivity index (χ4v) is 8.39. The van der Waals surface area contributed by atoms with Crippen molar-refractivity contribution in [1.82, 2.24) is 8.61 Å². The average Bonchev–Trinajstić information content (AvgIpc) is 3.02. The summed E-state index contributed by atoms with van der Waals surface area (Å²) in [4.78, 5) is 25.2. The van der Waals surface area contributed by atoms with Gasteiger partial charge >= 0.3 is 0 Å². The molecule has 0 aliphatic carbocycles. The van der Waals surface area contributed by atoms with Gasteiger partial charge in [-0.05, 0) is 87.1 Å². The largest absolute Gasteiger partial charge is 0.326 e. The molecule has 0 spiro atoms. The van der Waals surface area contributed by atoms with E-state index in [0.29, 0.717) is 50.4 Å². The molecule has 0 unspecified atom stereocenters. The van der Waals surface area contributed by atoms with E-state index in [9.17, 15) is 26.4 Å². The van der Waals surface area contributed by atoms with Crippen LogP contribution in [0.25, 0.3) is 0 Å². The Morgan fingerprint density at radius 1 is 0.500 bits per heavy atom. The van der Waals surface area contributed by atoms with Gasteiger partial charge in [0.1, 0.15) is 0 Å². The molecule has 12 heteroatoms. The molecule has 2 N–H and O–H groups in total. The van der Waals surface area contributed by atoms with Crippen molar-refractivity contribution in [3.05, 3.63) is 48.5 Å². The number of nitrogens with zero attached hydrogens (tertiary/aromatic N) is 2. The Labute approximate surface area is 277 Å². The molecule has 0 atom stereocenters. The molecule has 0 saturated carbocycles. The predicted molar refractivity (Wildman–Crippen MR) is 186 cm³/mol. The van der Waals surface area contributed by atoms with Crippen molar-refractivity contribution < 1.29 is 26.4 Å². The highest BCUT2D eigenvalue weighted by atomic mass is 32.2. The lowest BCUT2D eigenvalue weighted by Crippen LogP contribution is -2.32. The Kier molecular flexibility index (Phi) is 17.5. The summed E-state index contributed by atoms with van der Waals surface area (Å²) in [6.07, 6.45) is 9.02. The zero-order chi connectivity index (χ0) is 34.0. The van der Waals surface area contributed by atoms with E-state index in [0.717, 1.165) is 64.2 Å². The molecule has 0 bridgehead atoms. The number of amides is 2. The number of carbonyl (C=O) groups is 2. The lowest BCUT2D eigenvalue weighted by atomic mass is 10.1. The molecule has 10 nitrogen and oxygen atoms in total. The molecule has 0 radical (unpaired) electrons. The van der Waals surface area contributed by atoms with Crippen LogP contribution in [0.2, 0.25) is 0 Å². The zero-order valence-corrected chi connectivity index (χ0v) is 29.7. The summed E-state index contributed by atoms with van der Waals surface area (Å²) in [6.45, 7) is 9.74. The zero-order valence-electron chi connectivity index (χ0n) is 28.1. The molecule has 0 aliphatic rings. The van der Waals surface area contributed by atoms with E-state index in [1.54, 1.807) is 48.5 Å². The summed E-state index contributed by atoms with van der Waals surface area (Å²) in [6, 6.07) is 12.7. The number of hydrogen-bond acceptors (Lipinski definition) is 6. The SMILES string of the molecule is CCCN(CCC)S(=O)(=O)c1ccc(NC(=O)CCCCCCCCC(=O)Nc2ccc(S(=O)(=O)N(CCC)CCC)cc2)cc1. The summed E-state index contributed by atoms with van der Waals surface area (Å²) >= 11 is 0. The van der Waals surface area contributed by atoms with E-state index in [-0.39, 0.29) is 21.6 Å². The van der Waals surface area contributed by atoms with Crippen molar-refractivity contribution in [2.24, 2.45) is 0 Å². The molecule has 2 aromatic carbocycles. The minimum Gasteiger partial charge on any atom is -0.326 e. The van der Waals surface area contributed by atoms with Gasteiger partial charge in [0.05, 0.1) is 9.79 Å². The first-order chi connectivity index (χ1) is 22.0. The van der Waals surface area contributed by atoms with Gasteiger partial charge in [0.2, 0.25) is 31.9 Å². The molecule has 0 heterocycles. The van der Waals surface area contributed by atoms with Crippen molar-refractivity contribution >= 4 is 43.2 Å². The van der Waals surface area contributed by atoms with Crippen LogP contribution in [0.15, 0.2) is 58.3 Å². The van der Waals surface area contributed by atoms with Crippen molar-refractivity contribution in [3.63, 3.8) is 0 Å². The van der Waals surface area contributed by atoms with E-state index in [4.69, 9.17) is 0 Å². The normalized spacial score (nSPS) is 12.0. The molecule has 0 fully saturated rings. The predicted octanol–water partition coefficient (Wildman–Crippen LogP) is 7.01. The van der Waals surface area contributed by atoms with Crippen LogP contribution in [0.1, 0.15) is 105 Å².